The minimum Gasteiger partial charge on any atom is -0.306 e. The Balaban J connectivity index is 2.10. The van der Waals surface area contributed by atoms with Gasteiger partial charge in [-0.05, 0) is 25.3 Å². The van der Waals surface area contributed by atoms with Gasteiger partial charge in [-0.15, -0.1) is 0 Å². The van der Waals surface area contributed by atoms with Gasteiger partial charge in [0.1, 0.15) is 0 Å². The zero-order valence-corrected chi connectivity index (χ0v) is 5.96. The van der Waals surface area contributed by atoms with Crippen molar-refractivity contribution in [1.29, 1.82) is 0 Å². The molecule has 0 saturated carbocycles. The first-order valence-electron chi connectivity index (χ1n) is 3.85. The van der Waals surface area contributed by atoms with Crippen molar-refractivity contribution < 1.29 is 0 Å². The van der Waals surface area contributed by atoms with E-state index in [1.165, 1.54) is 19.3 Å². The minimum atomic E-state index is 0.610. The average molecular weight is 136 g/mol. The molecular formula is C8H12N2. The Morgan fingerprint density at radius 3 is 3.50 bits per heavy atom. The smallest absolute Gasteiger partial charge is 0.0694 e. The SMILES string of the molecule is C1=CN2NC=CC2CCC1. The average Bonchev–Trinajstić information content (AvgIpc) is 2.28. The highest BCUT2D eigenvalue weighted by Gasteiger charge is 2.16. The highest BCUT2D eigenvalue weighted by Crippen LogP contribution is 2.16. The summed E-state index contributed by atoms with van der Waals surface area (Å²) in [6.07, 6.45) is 12.4. The van der Waals surface area contributed by atoms with E-state index in [1.807, 2.05) is 6.20 Å². The summed E-state index contributed by atoms with van der Waals surface area (Å²) in [5.74, 6) is 0. The molecule has 1 unspecified atom stereocenters. The number of nitrogens with one attached hydrogen (secondary N) is 1. The van der Waals surface area contributed by atoms with Gasteiger partial charge in [0.05, 0.1) is 6.04 Å². The Morgan fingerprint density at radius 1 is 1.50 bits per heavy atom. The van der Waals surface area contributed by atoms with Crippen molar-refractivity contribution in [1.82, 2.24) is 10.4 Å². The quantitative estimate of drug-likeness (QED) is 0.541. The van der Waals surface area contributed by atoms with E-state index >= 15 is 0 Å². The van der Waals surface area contributed by atoms with E-state index in [9.17, 15) is 0 Å². The number of hydrogen-bond donors (Lipinski definition) is 1. The van der Waals surface area contributed by atoms with E-state index in [4.69, 9.17) is 0 Å². The van der Waals surface area contributed by atoms with Crippen molar-refractivity contribution in [2.45, 2.75) is 25.3 Å². The van der Waals surface area contributed by atoms with Crippen LogP contribution < -0.4 is 5.43 Å². The molecular weight excluding hydrogens is 124 g/mol. The molecule has 0 bridgehead atoms. The highest BCUT2D eigenvalue weighted by atomic mass is 15.5. The minimum absolute atomic E-state index is 0.610. The summed E-state index contributed by atoms with van der Waals surface area (Å²) in [4.78, 5) is 0. The molecule has 0 amide bonds. The van der Waals surface area contributed by atoms with Crippen molar-refractivity contribution in [3.63, 3.8) is 0 Å². The molecule has 0 spiro atoms. The van der Waals surface area contributed by atoms with Crippen molar-refractivity contribution in [3.05, 3.63) is 24.6 Å². The van der Waals surface area contributed by atoms with Gasteiger partial charge in [-0.3, -0.25) is 5.01 Å². The second kappa shape index (κ2) is 2.37. The van der Waals surface area contributed by atoms with Crippen LogP contribution in [0, 0.1) is 0 Å². The van der Waals surface area contributed by atoms with Crippen molar-refractivity contribution in [2.24, 2.45) is 0 Å². The van der Waals surface area contributed by atoms with Gasteiger partial charge in [-0.1, -0.05) is 6.08 Å². The summed E-state index contributed by atoms with van der Waals surface area (Å²) < 4.78 is 0. The van der Waals surface area contributed by atoms with E-state index in [2.05, 4.69) is 28.8 Å². The summed E-state index contributed by atoms with van der Waals surface area (Å²) in [6, 6.07) is 0.610. The fraction of sp³-hybridized carbons (Fsp3) is 0.500. The third-order valence-electron chi connectivity index (χ3n) is 2.04. The largest absolute Gasteiger partial charge is 0.306 e. The number of hydrazine groups is 1. The maximum atomic E-state index is 3.16. The first-order valence-corrected chi connectivity index (χ1v) is 3.85. The number of rotatable bonds is 0. The van der Waals surface area contributed by atoms with Crippen LogP contribution >= 0.6 is 0 Å². The maximum absolute atomic E-state index is 3.16. The summed E-state index contributed by atoms with van der Waals surface area (Å²) in [5, 5.41) is 2.16. The van der Waals surface area contributed by atoms with Crippen LogP contribution in [0.1, 0.15) is 19.3 Å². The van der Waals surface area contributed by atoms with E-state index in [-0.39, 0.29) is 0 Å². The molecule has 0 radical (unpaired) electrons. The summed E-state index contributed by atoms with van der Waals surface area (Å²) in [6.45, 7) is 0. The molecule has 2 heterocycles. The lowest BCUT2D eigenvalue weighted by atomic mass is 10.1. The van der Waals surface area contributed by atoms with Gasteiger partial charge in [0.15, 0.2) is 0 Å². The number of hydrogen-bond acceptors (Lipinski definition) is 2. The Kier molecular flexibility index (Phi) is 1.38. The van der Waals surface area contributed by atoms with Crippen molar-refractivity contribution >= 4 is 0 Å². The number of nitrogens with zero attached hydrogens (tertiary/aromatic N) is 1. The second-order valence-electron chi connectivity index (χ2n) is 2.78. The predicted molar refractivity (Wildman–Crippen MR) is 40.9 cm³/mol. The zero-order valence-electron chi connectivity index (χ0n) is 5.96. The number of fused-ring (bicyclic) bond motifs is 1. The molecule has 10 heavy (non-hydrogen) atoms. The van der Waals surface area contributed by atoms with Crippen LogP contribution in [0.2, 0.25) is 0 Å². The molecule has 2 aliphatic rings. The lowest BCUT2D eigenvalue weighted by Gasteiger charge is -2.20. The molecule has 2 heteroatoms. The molecule has 0 aromatic heterocycles. The van der Waals surface area contributed by atoms with Gasteiger partial charge in [0.2, 0.25) is 0 Å². The Morgan fingerprint density at radius 2 is 2.50 bits per heavy atom. The van der Waals surface area contributed by atoms with E-state index < -0.39 is 0 Å². The molecule has 2 nitrogen and oxygen atoms in total. The Bertz CT molecular complexity index is 172. The third kappa shape index (κ3) is 0.897. The van der Waals surface area contributed by atoms with Crippen molar-refractivity contribution in [3.8, 4) is 0 Å². The van der Waals surface area contributed by atoms with Crippen LogP contribution in [0.15, 0.2) is 24.6 Å². The Hall–Kier alpha value is -0.920. The van der Waals surface area contributed by atoms with E-state index in [0.717, 1.165) is 0 Å². The van der Waals surface area contributed by atoms with Crippen LogP contribution in [0.3, 0.4) is 0 Å². The van der Waals surface area contributed by atoms with Gasteiger partial charge in [-0.25, -0.2) is 0 Å². The van der Waals surface area contributed by atoms with Crippen LogP contribution in [0.4, 0.5) is 0 Å². The molecule has 2 aliphatic heterocycles. The molecule has 0 aromatic carbocycles. The maximum Gasteiger partial charge on any atom is 0.0694 e. The summed E-state index contributed by atoms with van der Waals surface area (Å²) in [5.41, 5.74) is 3.16. The Labute approximate surface area is 61.2 Å². The first-order chi connectivity index (χ1) is 4.97. The summed E-state index contributed by atoms with van der Waals surface area (Å²) in [7, 11) is 0. The van der Waals surface area contributed by atoms with E-state index in [1.54, 1.807) is 0 Å². The van der Waals surface area contributed by atoms with Crippen LogP contribution in [-0.4, -0.2) is 11.1 Å². The van der Waals surface area contributed by atoms with Crippen LogP contribution in [-0.2, 0) is 0 Å². The molecule has 1 atom stereocenters. The first kappa shape index (κ1) is 5.83. The highest BCUT2D eigenvalue weighted by molar-refractivity contribution is 5.04. The standard InChI is InChI=1S/C8H12N2/c1-2-4-8-5-6-9-10(8)7-3-1/h3,5-9H,1-2,4H2. The van der Waals surface area contributed by atoms with Crippen LogP contribution in [0.5, 0.6) is 0 Å². The van der Waals surface area contributed by atoms with Gasteiger partial charge < -0.3 is 5.43 Å². The molecule has 2 rings (SSSR count). The predicted octanol–water partition coefficient (Wildman–Crippen LogP) is 1.39. The lowest BCUT2D eigenvalue weighted by Crippen LogP contribution is -2.31. The van der Waals surface area contributed by atoms with Gasteiger partial charge in [0.25, 0.3) is 0 Å². The third-order valence-corrected chi connectivity index (χ3v) is 2.04. The fourth-order valence-electron chi connectivity index (χ4n) is 1.45. The zero-order chi connectivity index (χ0) is 6.81. The topological polar surface area (TPSA) is 15.3 Å². The van der Waals surface area contributed by atoms with E-state index in [0.29, 0.717) is 6.04 Å². The van der Waals surface area contributed by atoms with Crippen molar-refractivity contribution in [2.75, 3.05) is 0 Å². The molecule has 0 saturated heterocycles. The monoisotopic (exact) mass is 136 g/mol. The second-order valence-corrected chi connectivity index (χ2v) is 2.78. The molecule has 1 N–H and O–H groups in total. The normalized spacial score (nSPS) is 29.6. The number of allylic oxidation sites excluding steroid dienone is 1. The molecule has 0 aromatic rings. The van der Waals surface area contributed by atoms with Gasteiger partial charge in [-0.2, -0.15) is 0 Å². The van der Waals surface area contributed by atoms with Gasteiger partial charge in [0, 0.05) is 12.4 Å². The fourth-order valence-corrected chi connectivity index (χ4v) is 1.45. The van der Waals surface area contributed by atoms with Crippen LogP contribution in [0.25, 0.3) is 0 Å². The van der Waals surface area contributed by atoms with Gasteiger partial charge >= 0.3 is 0 Å². The lowest BCUT2D eigenvalue weighted by molar-refractivity contribution is 0.284. The summed E-state index contributed by atoms with van der Waals surface area (Å²) >= 11 is 0. The molecule has 0 fully saturated rings. The molecule has 0 aliphatic carbocycles. The molecule has 54 valence electrons.